The van der Waals surface area contributed by atoms with E-state index in [1.165, 1.54) is 18.2 Å². The third kappa shape index (κ3) is 6.34. The Hall–Kier alpha value is -2.99. The summed E-state index contributed by atoms with van der Waals surface area (Å²) in [5, 5.41) is 9.94. The molecular weight excluding hydrogens is 561 g/mol. The van der Waals surface area contributed by atoms with Gasteiger partial charge in [0, 0.05) is 5.41 Å². The molecule has 0 aromatic heterocycles. The van der Waals surface area contributed by atoms with Crippen molar-refractivity contribution in [2.24, 2.45) is 11.3 Å². The fourth-order valence-electron chi connectivity index (χ4n) is 6.95. The number of fused-ring (bicyclic) bond motifs is 1. The first-order chi connectivity index (χ1) is 20.2. The second-order valence-corrected chi connectivity index (χ2v) is 12.5. The molecule has 2 aromatic rings. The lowest BCUT2D eigenvalue weighted by molar-refractivity contribution is -0.133. The molecule has 2 atom stereocenters. The highest BCUT2D eigenvalue weighted by molar-refractivity contribution is 6.32. The zero-order valence-corrected chi connectivity index (χ0v) is 24.7. The van der Waals surface area contributed by atoms with E-state index in [1.807, 2.05) is 24.3 Å². The summed E-state index contributed by atoms with van der Waals surface area (Å²) in [6, 6.07) is 12.1. The Labute approximate surface area is 251 Å². The number of halogens is 4. The summed E-state index contributed by atoms with van der Waals surface area (Å²) in [5.41, 5.74) is 2.63. The molecule has 0 amide bonds. The number of carboxylic acids is 1. The zero-order chi connectivity index (χ0) is 29.9. The minimum atomic E-state index is -1.68. The van der Waals surface area contributed by atoms with Crippen LogP contribution < -0.4 is 4.74 Å². The van der Waals surface area contributed by atoms with Gasteiger partial charge in [0.2, 0.25) is 0 Å². The summed E-state index contributed by atoms with van der Waals surface area (Å²) >= 11 is 6.56. The van der Waals surface area contributed by atoms with Crippen LogP contribution in [0, 0.1) is 17.2 Å². The number of ether oxygens (including phenoxy) is 1. The molecule has 0 bridgehead atoms. The van der Waals surface area contributed by atoms with Gasteiger partial charge in [-0.25, -0.2) is 13.6 Å². The summed E-state index contributed by atoms with van der Waals surface area (Å²) in [5.74, 6) is -0.293. The molecule has 2 aromatic carbocycles. The van der Waals surface area contributed by atoms with Crippen molar-refractivity contribution in [2.45, 2.75) is 83.4 Å². The topological polar surface area (TPSA) is 46.5 Å². The molecule has 42 heavy (non-hydrogen) atoms. The predicted molar refractivity (Wildman–Crippen MR) is 162 cm³/mol. The van der Waals surface area contributed by atoms with Crippen LogP contribution in [0.1, 0.15) is 82.3 Å². The van der Waals surface area contributed by atoms with Crippen LogP contribution in [0.2, 0.25) is 5.02 Å². The van der Waals surface area contributed by atoms with E-state index in [1.54, 1.807) is 19.1 Å². The lowest BCUT2D eigenvalue weighted by Gasteiger charge is -2.38. The number of hydrogen-bond acceptors (Lipinski definition) is 2. The molecule has 0 radical (unpaired) electrons. The quantitative estimate of drug-likeness (QED) is 0.292. The van der Waals surface area contributed by atoms with Crippen LogP contribution in [-0.2, 0) is 4.79 Å². The molecule has 7 heteroatoms. The van der Waals surface area contributed by atoms with E-state index in [2.05, 4.69) is 0 Å². The fraction of sp³-hybridized carbons (Fsp3) is 0.457. The Morgan fingerprint density at radius 2 is 1.81 bits per heavy atom. The number of carbonyl (C=O) groups is 1. The van der Waals surface area contributed by atoms with Crippen LogP contribution in [0.3, 0.4) is 0 Å². The van der Waals surface area contributed by atoms with E-state index in [9.17, 15) is 18.7 Å². The van der Waals surface area contributed by atoms with Gasteiger partial charge in [-0.3, -0.25) is 4.39 Å². The second kappa shape index (κ2) is 13.1. The number of rotatable bonds is 9. The molecule has 0 heterocycles. The van der Waals surface area contributed by atoms with Gasteiger partial charge >= 0.3 is 5.97 Å². The zero-order valence-electron chi connectivity index (χ0n) is 24.0. The van der Waals surface area contributed by atoms with Crippen LogP contribution in [0.25, 0.3) is 11.1 Å². The molecule has 224 valence electrons. The third-order valence-electron chi connectivity index (χ3n) is 9.31. The third-order valence-corrected chi connectivity index (χ3v) is 9.62. The van der Waals surface area contributed by atoms with Crippen molar-refractivity contribution in [3.63, 3.8) is 0 Å². The average molecular weight is 599 g/mol. The summed E-state index contributed by atoms with van der Waals surface area (Å²) in [4.78, 5) is 11.8. The molecule has 5 rings (SSSR count). The maximum atomic E-state index is 16.0. The van der Waals surface area contributed by atoms with Gasteiger partial charge < -0.3 is 9.84 Å². The Morgan fingerprint density at radius 1 is 1.07 bits per heavy atom. The van der Waals surface area contributed by atoms with Crippen LogP contribution in [0.5, 0.6) is 5.75 Å². The standard InChI is InChI=1S/C35H38ClF3O3/c1-35-19-4-6-28(27-16-11-24(38)21-31(27)36)32(30(35)18-17-29(33(35)39)34(40)41)23-9-14-26(15-10-23)42-25-12-7-22(8-13-25)5-2-3-20-37/h9-11,14-18,21-22,25,33H,2-8,12-13,19-20H2,1H3,(H,40,41). The van der Waals surface area contributed by atoms with Crippen molar-refractivity contribution in [2.75, 3.05) is 6.67 Å². The Balaban J connectivity index is 1.47. The van der Waals surface area contributed by atoms with Crippen molar-refractivity contribution >= 4 is 28.7 Å². The Morgan fingerprint density at radius 3 is 2.48 bits per heavy atom. The molecule has 1 N–H and O–H groups in total. The van der Waals surface area contributed by atoms with E-state index in [-0.39, 0.29) is 23.4 Å². The van der Waals surface area contributed by atoms with Crippen LogP contribution in [0.15, 0.2) is 65.8 Å². The van der Waals surface area contributed by atoms with Crippen LogP contribution in [0.4, 0.5) is 13.2 Å². The van der Waals surface area contributed by atoms with Crippen molar-refractivity contribution in [3.8, 4) is 5.75 Å². The van der Waals surface area contributed by atoms with Gasteiger partial charge in [-0.05, 0) is 115 Å². The molecule has 0 aliphatic heterocycles. The number of aliphatic carboxylic acids is 1. The summed E-state index contributed by atoms with van der Waals surface area (Å²) in [6.45, 7) is 1.55. The molecule has 2 unspecified atom stereocenters. The Bertz CT molecular complexity index is 1390. The Kier molecular flexibility index (Phi) is 9.51. The normalized spacial score (nSPS) is 26.2. The number of hydrogen-bond donors (Lipinski definition) is 1. The fourth-order valence-corrected chi connectivity index (χ4v) is 7.23. The number of alkyl halides is 2. The van der Waals surface area contributed by atoms with Gasteiger partial charge in [-0.2, -0.15) is 0 Å². The summed E-state index contributed by atoms with van der Waals surface area (Å²) < 4.78 is 48.7. The highest BCUT2D eigenvalue weighted by atomic mass is 35.5. The molecule has 1 saturated carbocycles. The molecule has 3 nitrogen and oxygen atoms in total. The van der Waals surface area contributed by atoms with E-state index >= 15 is 4.39 Å². The van der Waals surface area contributed by atoms with Gasteiger partial charge in [0.1, 0.15) is 17.7 Å². The van der Waals surface area contributed by atoms with E-state index in [4.69, 9.17) is 16.3 Å². The number of carboxylic acid groups (broad SMARTS) is 1. The van der Waals surface area contributed by atoms with Gasteiger partial charge in [0.25, 0.3) is 0 Å². The average Bonchev–Trinajstić information content (AvgIpc) is 3.12. The van der Waals surface area contributed by atoms with Crippen molar-refractivity contribution in [1.29, 1.82) is 0 Å². The molecule has 1 fully saturated rings. The lowest BCUT2D eigenvalue weighted by Crippen LogP contribution is -2.37. The van der Waals surface area contributed by atoms with Crippen molar-refractivity contribution in [1.82, 2.24) is 0 Å². The molecule has 3 aliphatic carbocycles. The maximum Gasteiger partial charge on any atom is 0.334 e. The highest BCUT2D eigenvalue weighted by Crippen LogP contribution is 2.54. The van der Waals surface area contributed by atoms with Crippen molar-refractivity contribution < 1.29 is 27.8 Å². The van der Waals surface area contributed by atoms with Gasteiger partial charge in [-0.15, -0.1) is 0 Å². The number of unbranched alkanes of at least 4 members (excludes halogenated alkanes) is 1. The van der Waals surface area contributed by atoms with E-state index < -0.39 is 23.4 Å². The molecule has 0 spiro atoms. The van der Waals surface area contributed by atoms with E-state index in [0.717, 1.165) is 61.0 Å². The number of benzene rings is 2. The van der Waals surface area contributed by atoms with Crippen LogP contribution >= 0.6 is 11.6 Å². The van der Waals surface area contributed by atoms with Crippen LogP contribution in [-0.4, -0.2) is 30.0 Å². The van der Waals surface area contributed by atoms with E-state index in [0.29, 0.717) is 42.7 Å². The van der Waals surface area contributed by atoms with Gasteiger partial charge in [-0.1, -0.05) is 55.6 Å². The first-order valence-corrected chi connectivity index (χ1v) is 15.4. The SMILES string of the molecule is CC12CCCC(c3ccc(F)cc3Cl)=C(c3ccc(OC4CCC(CCCCF)CC4)cc3)C1=CC=C(C(=O)O)C2F. The second-order valence-electron chi connectivity index (χ2n) is 12.1. The highest BCUT2D eigenvalue weighted by Gasteiger charge is 2.46. The number of allylic oxidation sites excluding steroid dienone is 5. The summed E-state index contributed by atoms with van der Waals surface area (Å²) in [6.07, 6.45) is 10.0. The molecular formula is C35H38ClF3O3. The molecule has 3 aliphatic rings. The predicted octanol–water partition coefficient (Wildman–Crippen LogP) is 9.95. The lowest BCUT2D eigenvalue weighted by atomic mass is 9.67. The maximum absolute atomic E-state index is 16.0. The minimum Gasteiger partial charge on any atom is -0.490 e. The summed E-state index contributed by atoms with van der Waals surface area (Å²) in [7, 11) is 0. The van der Waals surface area contributed by atoms with Gasteiger partial charge in [0.15, 0.2) is 0 Å². The monoisotopic (exact) mass is 598 g/mol. The molecule has 0 saturated heterocycles. The first-order valence-electron chi connectivity index (χ1n) is 15.0. The largest absolute Gasteiger partial charge is 0.490 e. The first kappa shape index (κ1) is 30.5. The smallest absolute Gasteiger partial charge is 0.334 e. The van der Waals surface area contributed by atoms with Gasteiger partial charge in [0.05, 0.1) is 23.4 Å². The van der Waals surface area contributed by atoms with Crippen molar-refractivity contribution in [3.05, 3.63) is 87.7 Å². The minimum absolute atomic E-state index is 0.134.